The van der Waals surface area contributed by atoms with Crippen molar-refractivity contribution in [2.24, 2.45) is 5.92 Å². The predicted molar refractivity (Wildman–Crippen MR) is 108 cm³/mol. The zero-order valence-electron chi connectivity index (χ0n) is 16.1. The molecule has 10 heteroatoms. The van der Waals surface area contributed by atoms with Crippen LogP contribution >= 0.6 is 0 Å². The molecule has 1 aliphatic heterocycles. The Labute approximate surface area is 171 Å². The smallest absolute Gasteiger partial charge is 0.306 e. The zero-order valence-corrected chi connectivity index (χ0v) is 16.1. The summed E-state index contributed by atoms with van der Waals surface area (Å²) in [7, 11) is 0. The van der Waals surface area contributed by atoms with Crippen LogP contribution in [-0.2, 0) is 14.4 Å². The molecule has 0 aliphatic carbocycles. The number of rotatable bonds is 6. The lowest BCUT2D eigenvalue weighted by atomic mass is 10.1. The van der Waals surface area contributed by atoms with E-state index >= 15 is 0 Å². The average molecular weight is 414 g/mol. The third-order valence-electron chi connectivity index (χ3n) is 4.67. The Morgan fingerprint density at radius 2 is 1.90 bits per heavy atom. The highest BCUT2D eigenvalue weighted by Gasteiger charge is 2.36. The summed E-state index contributed by atoms with van der Waals surface area (Å²) in [5.41, 5.74) is 0.409. The quantitative estimate of drug-likeness (QED) is 0.556. The molecule has 1 heterocycles. The molecule has 1 saturated heterocycles. The molecule has 1 unspecified atom stereocenters. The molecule has 0 radical (unpaired) electrons. The molecule has 0 saturated carbocycles. The number of carbonyl (C=O) groups excluding carboxylic acids is 3. The van der Waals surface area contributed by atoms with Gasteiger partial charge in [-0.05, 0) is 30.3 Å². The summed E-state index contributed by atoms with van der Waals surface area (Å²) in [6.07, 6.45) is 0.238. The van der Waals surface area contributed by atoms with E-state index in [1.54, 1.807) is 31.2 Å². The lowest BCUT2D eigenvalue weighted by Gasteiger charge is -2.17. The second-order valence-electron chi connectivity index (χ2n) is 6.77. The minimum absolute atomic E-state index is 0.0136. The molecule has 0 spiro atoms. The Hall–Kier alpha value is -3.82. The van der Waals surface area contributed by atoms with Gasteiger partial charge >= 0.3 is 5.69 Å². The standard InChI is InChI=1S/C20H19FN4O5/c1-2-18(26)22-13-4-3-5-14(9-13)23-20(28)12-8-19(27)24(11-12)15-6-7-16(21)17(10-15)25(29)30/h3-7,9-10,12H,2,8,11H2,1H3,(H,22,26)(H,23,28). The topological polar surface area (TPSA) is 122 Å². The third-order valence-corrected chi connectivity index (χ3v) is 4.67. The number of nitro groups is 1. The van der Waals surface area contributed by atoms with Crippen LogP contribution in [0.1, 0.15) is 19.8 Å². The van der Waals surface area contributed by atoms with Crippen molar-refractivity contribution < 1.29 is 23.7 Å². The Kier molecular flexibility index (Phi) is 6.05. The molecule has 0 aromatic heterocycles. The maximum atomic E-state index is 13.6. The summed E-state index contributed by atoms with van der Waals surface area (Å²) in [6.45, 7) is 1.74. The highest BCUT2D eigenvalue weighted by molar-refractivity contribution is 6.04. The van der Waals surface area contributed by atoms with Crippen LogP contribution in [0, 0.1) is 21.8 Å². The average Bonchev–Trinajstić information content (AvgIpc) is 3.10. The van der Waals surface area contributed by atoms with Crippen molar-refractivity contribution in [2.45, 2.75) is 19.8 Å². The van der Waals surface area contributed by atoms with Gasteiger partial charge in [0.15, 0.2) is 0 Å². The Morgan fingerprint density at radius 3 is 2.57 bits per heavy atom. The largest absolute Gasteiger partial charge is 0.326 e. The normalized spacial score (nSPS) is 15.7. The number of halogens is 1. The van der Waals surface area contributed by atoms with E-state index in [0.29, 0.717) is 17.8 Å². The first kappa shape index (κ1) is 20.9. The number of nitrogens with one attached hydrogen (secondary N) is 2. The van der Waals surface area contributed by atoms with Gasteiger partial charge in [0.1, 0.15) is 0 Å². The summed E-state index contributed by atoms with van der Waals surface area (Å²) in [5, 5.41) is 16.3. The van der Waals surface area contributed by atoms with Gasteiger partial charge in [0.05, 0.1) is 16.5 Å². The van der Waals surface area contributed by atoms with Gasteiger partial charge in [0, 0.05) is 36.8 Å². The number of nitro benzene ring substituents is 1. The minimum atomic E-state index is -1.00. The molecular weight excluding hydrogens is 395 g/mol. The predicted octanol–water partition coefficient (Wildman–Crippen LogP) is 3.07. The van der Waals surface area contributed by atoms with Crippen LogP contribution in [0.15, 0.2) is 42.5 Å². The van der Waals surface area contributed by atoms with E-state index in [-0.39, 0.29) is 30.5 Å². The van der Waals surface area contributed by atoms with Crippen LogP contribution in [0.5, 0.6) is 0 Å². The molecule has 30 heavy (non-hydrogen) atoms. The number of carbonyl (C=O) groups is 3. The van der Waals surface area contributed by atoms with E-state index in [1.165, 1.54) is 11.0 Å². The second-order valence-corrected chi connectivity index (χ2v) is 6.77. The molecule has 1 fully saturated rings. The zero-order chi connectivity index (χ0) is 21.8. The summed E-state index contributed by atoms with van der Waals surface area (Å²) < 4.78 is 13.6. The van der Waals surface area contributed by atoms with Gasteiger partial charge < -0.3 is 15.5 Å². The fourth-order valence-electron chi connectivity index (χ4n) is 3.11. The summed E-state index contributed by atoms with van der Waals surface area (Å²) in [5.74, 6) is -2.64. The van der Waals surface area contributed by atoms with Crippen LogP contribution < -0.4 is 15.5 Å². The molecule has 0 bridgehead atoms. The van der Waals surface area contributed by atoms with Gasteiger partial charge in [-0.2, -0.15) is 4.39 Å². The lowest BCUT2D eigenvalue weighted by Crippen LogP contribution is -2.28. The highest BCUT2D eigenvalue weighted by Crippen LogP contribution is 2.30. The minimum Gasteiger partial charge on any atom is -0.326 e. The molecule has 2 N–H and O–H groups in total. The highest BCUT2D eigenvalue weighted by atomic mass is 19.1. The van der Waals surface area contributed by atoms with Gasteiger partial charge in [0.25, 0.3) is 0 Å². The molecule has 1 atom stereocenters. The van der Waals surface area contributed by atoms with E-state index in [2.05, 4.69) is 10.6 Å². The van der Waals surface area contributed by atoms with Crippen molar-refractivity contribution in [3.05, 3.63) is 58.4 Å². The molecule has 3 amide bonds. The molecule has 3 rings (SSSR count). The van der Waals surface area contributed by atoms with Crippen LogP contribution in [0.3, 0.4) is 0 Å². The van der Waals surface area contributed by atoms with Crippen molar-refractivity contribution in [2.75, 3.05) is 22.1 Å². The van der Waals surface area contributed by atoms with Crippen LogP contribution in [0.2, 0.25) is 0 Å². The number of hydrogen-bond donors (Lipinski definition) is 2. The lowest BCUT2D eigenvalue weighted by molar-refractivity contribution is -0.387. The molecule has 156 valence electrons. The SMILES string of the molecule is CCC(=O)Nc1cccc(NC(=O)C2CC(=O)N(c3ccc(F)c([N+](=O)[O-])c3)C2)c1. The van der Waals surface area contributed by atoms with Crippen LogP contribution in [0.25, 0.3) is 0 Å². The second kappa shape index (κ2) is 8.68. The van der Waals surface area contributed by atoms with E-state index in [4.69, 9.17) is 0 Å². The van der Waals surface area contributed by atoms with Gasteiger partial charge in [-0.3, -0.25) is 24.5 Å². The Bertz CT molecular complexity index is 1030. The van der Waals surface area contributed by atoms with Crippen molar-refractivity contribution >= 4 is 40.5 Å². The van der Waals surface area contributed by atoms with E-state index in [9.17, 15) is 28.9 Å². The first-order valence-corrected chi connectivity index (χ1v) is 9.23. The molecular formula is C20H19FN4O5. The fourth-order valence-corrected chi connectivity index (χ4v) is 3.11. The van der Waals surface area contributed by atoms with Gasteiger partial charge in [-0.25, -0.2) is 0 Å². The monoisotopic (exact) mass is 414 g/mol. The number of benzene rings is 2. The first-order valence-electron chi connectivity index (χ1n) is 9.23. The van der Waals surface area contributed by atoms with Crippen LogP contribution in [0.4, 0.5) is 27.1 Å². The van der Waals surface area contributed by atoms with Crippen molar-refractivity contribution in [3.8, 4) is 0 Å². The van der Waals surface area contributed by atoms with Gasteiger partial charge in [0.2, 0.25) is 23.5 Å². The van der Waals surface area contributed by atoms with Crippen LogP contribution in [-0.4, -0.2) is 29.2 Å². The summed E-state index contributed by atoms with van der Waals surface area (Å²) in [4.78, 5) is 47.8. The molecule has 2 aromatic rings. The van der Waals surface area contributed by atoms with E-state index in [0.717, 1.165) is 12.1 Å². The maximum absolute atomic E-state index is 13.6. The van der Waals surface area contributed by atoms with E-state index < -0.39 is 28.3 Å². The van der Waals surface area contributed by atoms with E-state index in [1.807, 2.05) is 0 Å². The van der Waals surface area contributed by atoms with Crippen molar-refractivity contribution in [1.29, 1.82) is 0 Å². The molecule has 2 aromatic carbocycles. The van der Waals surface area contributed by atoms with Gasteiger partial charge in [-0.1, -0.05) is 13.0 Å². The summed E-state index contributed by atoms with van der Waals surface area (Å²) in [6, 6.07) is 9.77. The van der Waals surface area contributed by atoms with Crippen molar-refractivity contribution in [1.82, 2.24) is 0 Å². The number of amides is 3. The number of hydrogen-bond acceptors (Lipinski definition) is 5. The number of anilines is 3. The fraction of sp³-hybridized carbons (Fsp3) is 0.250. The molecule has 9 nitrogen and oxygen atoms in total. The number of nitrogens with zero attached hydrogens (tertiary/aromatic N) is 2. The Morgan fingerprint density at radius 1 is 1.20 bits per heavy atom. The van der Waals surface area contributed by atoms with Gasteiger partial charge in [-0.15, -0.1) is 0 Å². The first-order chi connectivity index (χ1) is 14.3. The third kappa shape index (κ3) is 4.59. The Balaban J connectivity index is 1.70. The molecule has 1 aliphatic rings. The maximum Gasteiger partial charge on any atom is 0.306 e. The summed E-state index contributed by atoms with van der Waals surface area (Å²) >= 11 is 0. The van der Waals surface area contributed by atoms with Crippen molar-refractivity contribution in [3.63, 3.8) is 0 Å².